The number of halogens is 2. The lowest BCUT2D eigenvalue weighted by Gasteiger charge is -2.29. The maximum absolute atomic E-state index is 14.8. The predicted octanol–water partition coefficient (Wildman–Crippen LogP) is 10.7. The van der Waals surface area contributed by atoms with Gasteiger partial charge in [-0.25, -0.2) is 0 Å². The van der Waals surface area contributed by atoms with Crippen molar-refractivity contribution < 1.29 is 13.5 Å². The summed E-state index contributed by atoms with van der Waals surface area (Å²) in [6.07, 6.45) is 17.0. The van der Waals surface area contributed by atoms with Crippen molar-refractivity contribution in [3.63, 3.8) is 0 Å². The van der Waals surface area contributed by atoms with E-state index >= 15 is 0 Å². The second-order valence-corrected chi connectivity index (χ2v) is 11.8. The molecular formula is C35H48F2O. The molecule has 4 rings (SSSR count). The van der Waals surface area contributed by atoms with Gasteiger partial charge in [0.15, 0.2) is 0 Å². The normalized spacial score (nSPS) is 24.6. The number of alkyl halides is 2. The van der Waals surface area contributed by atoms with E-state index in [0.29, 0.717) is 24.2 Å². The highest BCUT2D eigenvalue weighted by molar-refractivity contribution is 5.28. The lowest BCUT2D eigenvalue weighted by atomic mass is 9.77. The van der Waals surface area contributed by atoms with Crippen LogP contribution in [0.5, 0.6) is 0 Å². The van der Waals surface area contributed by atoms with Crippen molar-refractivity contribution in [2.45, 2.75) is 115 Å². The van der Waals surface area contributed by atoms with Gasteiger partial charge in [-0.3, -0.25) is 0 Å². The van der Waals surface area contributed by atoms with Crippen molar-refractivity contribution in [2.75, 3.05) is 6.61 Å². The molecule has 2 aromatic rings. The summed E-state index contributed by atoms with van der Waals surface area (Å²) in [5.74, 6) is 2.71. The van der Waals surface area contributed by atoms with Gasteiger partial charge in [0.25, 0.3) is 0 Å². The van der Waals surface area contributed by atoms with Crippen LogP contribution in [0, 0.1) is 11.8 Å². The first kappa shape index (κ1) is 29.0. The third kappa shape index (κ3) is 8.25. The van der Waals surface area contributed by atoms with Crippen molar-refractivity contribution in [2.24, 2.45) is 11.8 Å². The Kier molecular flexibility index (Phi) is 11.0. The third-order valence-corrected chi connectivity index (χ3v) is 9.14. The van der Waals surface area contributed by atoms with Crippen LogP contribution in [0.15, 0.2) is 60.7 Å². The minimum Gasteiger partial charge on any atom is -0.316 e. The SMILES string of the molecule is C/C=C/[C@H]1CC[C@H](c2ccc(C(F)(F)OCCc3ccc([C@H]4CC[C@H](CCCCC)CC4)cc3)cc2)CC1. The van der Waals surface area contributed by atoms with Crippen LogP contribution in [-0.4, -0.2) is 6.61 Å². The van der Waals surface area contributed by atoms with E-state index in [1.54, 1.807) is 12.1 Å². The number of hydrogen-bond donors (Lipinski definition) is 0. The molecule has 1 nitrogen and oxygen atoms in total. The zero-order valence-electron chi connectivity index (χ0n) is 23.6. The number of hydrogen-bond acceptors (Lipinski definition) is 1. The summed E-state index contributed by atoms with van der Waals surface area (Å²) in [6.45, 7) is 4.35. The van der Waals surface area contributed by atoms with E-state index in [1.807, 2.05) is 12.1 Å². The number of benzene rings is 2. The van der Waals surface area contributed by atoms with Gasteiger partial charge in [-0.05, 0) is 105 Å². The Morgan fingerprint density at radius 1 is 0.789 bits per heavy atom. The van der Waals surface area contributed by atoms with Crippen LogP contribution in [0.1, 0.15) is 125 Å². The average Bonchev–Trinajstić information content (AvgIpc) is 2.95. The van der Waals surface area contributed by atoms with Gasteiger partial charge < -0.3 is 4.74 Å². The molecule has 2 aliphatic carbocycles. The van der Waals surface area contributed by atoms with Gasteiger partial charge in [-0.2, -0.15) is 8.78 Å². The van der Waals surface area contributed by atoms with Crippen LogP contribution in [0.3, 0.4) is 0 Å². The maximum Gasteiger partial charge on any atom is 0.383 e. The highest BCUT2D eigenvalue weighted by Gasteiger charge is 2.33. The summed E-state index contributed by atoms with van der Waals surface area (Å²) >= 11 is 0. The van der Waals surface area contributed by atoms with Crippen molar-refractivity contribution in [1.82, 2.24) is 0 Å². The van der Waals surface area contributed by atoms with Gasteiger partial charge in [-0.1, -0.05) is 93.3 Å². The minimum absolute atomic E-state index is 0.00588. The second-order valence-electron chi connectivity index (χ2n) is 11.8. The smallest absolute Gasteiger partial charge is 0.316 e. The first-order valence-electron chi connectivity index (χ1n) is 15.3. The van der Waals surface area contributed by atoms with Crippen LogP contribution in [0.2, 0.25) is 0 Å². The molecule has 0 amide bonds. The van der Waals surface area contributed by atoms with Gasteiger partial charge in [0.2, 0.25) is 0 Å². The summed E-state index contributed by atoms with van der Waals surface area (Å²) in [5.41, 5.74) is 3.59. The van der Waals surface area contributed by atoms with Crippen molar-refractivity contribution in [1.29, 1.82) is 0 Å². The zero-order chi connectivity index (χ0) is 26.8. The van der Waals surface area contributed by atoms with E-state index in [0.717, 1.165) is 24.3 Å². The Morgan fingerprint density at radius 2 is 1.37 bits per heavy atom. The van der Waals surface area contributed by atoms with Gasteiger partial charge >= 0.3 is 6.11 Å². The number of rotatable bonds is 12. The summed E-state index contributed by atoms with van der Waals surface area (Å²) in [6, 6.07) is 15.5. The molecule has 0 saturated heterocycles. The minimum atomic E-state index is -3.27. The highest BCUT2D eigenvalue weighted by atomic mass is 19.3. The summed E-state index contributed by atoms with van der Waals surface area (Å²) in [5, 5.41) is 0. The van der Waals surface area contributed by atoms with Gasteiger partial charge in [0.05, 0.1) is 12.2 Å². The average molecular weight is 523 g/mol. The fourth-order valence-electron chi connectivity index (χ4n) is 6.67. The molecule has 0 bridgehead atoms. The van der Waals surface area contributed by atoms with E-state index < -0.39 is 6.11 Å². The Hall–Kier alpha value is -2.00. The van der Waals surface area contributed by atoms with Crippen molar-refractivity contribution in [3.8, 4) is 0 Å². The van der Waals surface area contributed by atoms with Gasteiger partial charge in [-0.15, -0.1) is 0 Å². The van der Waals surface area contributed by atoms with E-state index in [1.165, 1.54) is 75.3 Å². The van der Waals surface area contributed by atoms with Gasteiger partial charge in [0, 0.05) is 0 Å². The van der Waals surface area contributed by atoms with E-state index in [2.05, 4.69) is 50.3 Å². The van der Waals surface area contributed by atoms with Crippen LogP contribution in [0.4, 0.5) is 8.78 Å². The van der Waals surface area contributed by atoms with Crippen LogP contribution in [-0.2, 0) is 17.3 Å². The Labute approximate surface area is 230 Å². The maximum atomic E-state index is 14.8. The van der Waals surface area contributed by atoms with Crippen molar-refractivity contribution >= 4 is 0 Å². The standard InChI is InChI=1S/C35H48F2O/c1-3-5-6-8-28-11-17-30(18-12-28)31-19-13-29(14-20-31)25-26-38-35(36,37)34-23-21-33(22-24-34)32-15-9-27(7-4-2)10-16-32/h4,7,13-14,19-24,27-28,30,32H,3,5-6,8-12,15-18,25-26H2,1-2H3/b7-4+/t27-,28-,30-,32-. The topological polar surface area (TPSA) is 9.23 Å². The molecule has 0 unspecified atom stereocenters. The second kappa shape index (κ2) is 14.4. The first-order valence-corrected chi connectivity index (χ1v) is 15.3. The molecule has 0 aliphatic heterocycles. The molecule has 38 heavy (non-hydrogen) atoms. The number of allylic oxidation sites excluding steroid dienone is 2. The molecule has 0 radical (unpaired) electrons. The number of unbranched alkanes of at least 4 members (excludes halogenated alkanes) is 2. The van der Waals surface area contributed by atoms with Gasteiger partial charge in [0.1, 0.15) is 0 Å². The molecule has 208 valence electrons. The Bertz CT molecular complexity index is 962. The Morgan fingerprint density at radius 3 is 1.95 bits per heavy atom. The lowest BCUT2D eigenvalue weighted by molar-refractivity contribution is -0.248. The quantitative estimate of drug-likeness (QED) is 0.199. The van der Waals surface area contributed by atoms with E-state index in [-0.39, 0.29) is 12.2 Å². The number of ether oxygens (including phenoxy) is 1. The van der Waals surface area contributed by atoms with Crippen LogP contribution >= 0.6 is 0 Å². The molecule has 3 heteroatoms. The molecule has 0 heterocycles. The first-order chi connectivity index (χ1) is 18.5. The summed E-state index contributed by atoms with van der Waals surface area (Å²) < 4.78 is 34.7. The molecule has 0 aromatic heterocycles. The third-order valence-electron chi connectivity index (χ3n) is 9.14. The highest BCUT2D eigenvalue weighted by Crippen LogP contribution is 2.39. The lowest BCUT2D eigenvalue weighted by Crippen LogP contribution is -2.20. The molecule has 0 spiro atoms. The largest absolute Gasteiger partial charge is 0.383 e. The Balaban J connectivity index is 1.20. The van der Waals surface area contributed by atoms with E-state index in [9.17, 15) is 8.78 Å². The molecule has 2 fully saturated rings. The summed E-state index contributed by atoms with van der Waals surface area (Å²) in [4.78, 5) is 0. The molecule has 0 N–H and O–H groups in total. The molecule has 2 aromatic carbocycles. The summed E-state index contributed by atoms with van der Waals surface area (Å²) in [7, 11) is 0. The van der Waals surface area contributed by atoms with E-state index in [4.69, 9.17) is 4.74 Å². The van der Waals surface area contributed by atoms with Crippen LogP contribution < -0.4 is 0 Å². The predicted molar refractivity (Wildman–Crippen MR) is 155 cm³/mol. The molecule has 0 atom stereocenters. The van der Waals surface area contributed by atoms with Crippen molar-refractivity contribution in [3.05, 3.63) is 82.9 Å². The molecule has 2 aliphatic rings. The fourth-order valence-corrected chi connectivity index (χ4v) is 6.67. The zero-order valence-corrected chi connectivity index (χ0v) is 23.6. The molecule has 2 saturated carbocycles. The van der Waals surface area contributed by atoms with Crippen LogP contribution in [0.25, 0.3) is 0 Å². The molecular weight excluding hydrogens is 474 g/mol. The fraction of sp³-hybridized carbons (Fsp3) is 0.600. The monoisotopic (exact) mass is 522 g/mol.